The van der Waals surface area contributed by atoms with E-state index < -0.39 is 5.97 Å². The third-order valence-corrected chi connectivity index (χ3v) is 4.32. The molecule has 1 aromatic heterocycles. The number of amides is 1. The molecule has 1 aliphatic rings. The molecule has 1 aliphatic carbocycles. The number of hydrogen-bond donors (Lipinski definition) is 1. The number of rotatable bonds is 6. The van der Waals surface area contributed by atoms with Crippen molar-refractivity contribution in [3.8, 4) is 0 Å². The molecule has 110 valence electrons. The van der Waals surface area contributed by atoms with E-state index in [2.05, 4.69) is 10.3 Å². The molecule has 1 aromatic rings. The van der Waals surface area contributed by atoms with Gasteiger partial charge in [-0.15, -0.1) is 11.3 Å². The molecular weight excluding hydrogens is 276 g/mol. The van der Waals surface area contributed by atoms with Crippen LogP contribution in [0.5, 0.6) is 0 Å². The normalized spacial score (nSPS) is 15.2. The highest BCUT2D eigenvalue weighted by Gasteiger charge is 2.17. The Balaban J connectivity index is 1.78. The molecule has 0 spiro atoms. The molecule has 1 fully saturated rings. The first-order chi connectivity index (χ1) is 9.70. The molecule has 0 atom stereocenters. The summed E-state index contributed by atoms with van der Waals surface area (Å²) in [5.74, 6) is 0.0677. The first-order valence-electron chi connectivity index (χ1n) is 7.11. The van der Waals surface area contributed by atoms with Crippen molar-refractivity contribution in [2.24, 2.45) is 5.92 Å². The van der Waals surface area contributed by atoms with Crippen molar-refractivity contribution in [1.82, 2.24) is 10.3 Å². The lowest BCUT2D eigenvalue weighted by atomic mass is 10.0. The van der Waals surface area contributed by atoms with E-state index in [4.69, 9.17) is 4.74 Å². The van der Waals surface area contributed by atoms with Gasteiger partial charge >= 0.3 is 5.97 Å². The molecule has 0 radical (unpaired) electrons. The number of thiazole rings is 1. The van der Waals surface area contributed by atoms with Crippen LogP contribution in [0, 0.1) is 5.92 Å². The predicted octanol–water partition coefficient (Wildman–Crippen LogP) is 2.63. The minimum absolute atomic E-state index is 0.213. The molecular formula is C14H20N2O3S. The molecule has 2 rings (SSSR count). The average Bonchev–Trinajstić information content (AvgIpc) is 3.10. The highest BCUT2D eigenvalue weighted by molar-refractivity contribution is 7.11. The van der Waals surface area contributed by atoms with Crippen molar-refractivity contribution in [3.05, 3.63) is 16.1 Å². The highest BCUT2D eigenvalue weighted by Crippen LogP contribution is 2.26. The van der Waals surface area contributed by atoms with E-state index in [-0.39, 0.29) is 10.9 Å². The van der Waals surface area contributed by atoms with E-state index in [1.165, 1.54) is 25.7 Å². The number of aromatic nitrogens is 1. The van der Waals surface area contributed by atoms with Crippen molar-refractivity contribution in [1.29, 1.82) is 0 Å². The second-order valence-electron chi connectivity index (χ2n) is 4.95. The lowest BCUT2D eigenvalue weighted by Gasteiger charge is -2.08. The molecule has 1 N–H and O–H groups in total. The van der Waals surface area contributed by atoms with Gasteiger partial charge in [-0.2, -0.15) is 0 Å². The van der Waals surface area contributed by atoms with Crippen molar-refractivity contribution >= 4 is 23.2 Å². The minimum atomic E-state index is -0.470. The first kappa shape index (κ1) is 15.0. The molecule has 20 heavy (non-hydrogen) atoms. The van der Waals surface area contributed by atoms with Gasteiger partial charge in [-0.3, -0.25) is 4.79 Å². The summed E-state index contributed by atoms with van der Waals surface area (Å²) in [6.07, 6.45) is 6.21. The van der Waals surface area contributed by atoms with Gasteiger partial charge in [0.15, 0.2) is 0 Å². The third-order valence-electron chi connectivity index (χ3n) is 3.50. The smallest absolute Gasteiger partial charge is 0.367 e. The number of ether oxygens (including phenoxy) is 1. The largest absolute Gasteiger partial charge is 0.461 e. The molecule has 1 saturated carbocycles. The van der Waals surface area contributed by atoms with Crippen molar-refractivity contribution < 1.29 is 14.3 Å². The molecule has 6 heteroatoms. The van der Waals surface area contributed by atoms with Crippen LogP contribution in [0.2, 0.25) is 0 Å². The fourth-order valence-electron chi connectivity index (χ4n) is 2.44. The summed E-state index contributed by atoms with van der Waals surface area (Å²) in [5, 5.41) is 4.69. The highest BCUT2D eigenvalue weighted by atomic mass is 32.1. The SMILES string of the molecule is CCOC(=O)c1nc(C(=O)NCCC2CCCC2)cs1. The van der Waals surface area contributed by atoms with Gasteiger partial charge in [0.2, 0.25) is 5.01 Å². The van der Waals surface area contributed by atoms with Gasteiger partial charge in [-0.05, 0) is 19.3 Å². The molecule has 0 bridgehead atoms. The van der Waals surface area contributed by atoms with Crippen LogP contribution in [0.3, 0.4) is 0 Å². The summed E-state index contributed by atoms with van der Waals surface area (Å²) < 4.78 is 4.85. The average molecular weight is 296 g/mol. The van der Waals surface area contributed by atoms with Crippen LogP contribution in [0.4, 0.5) is 0 Å². The fourth-order valence-corrected chi connectivity index (χ4v) is 3.13. The van der Waals surface area contributed by atoms with E-state index in [1.54, 1.807) is 12.3 Å². The number of esters is 1. The Morgan fingerprint density at radius 1 is 1.45 bits per heavy atom. The third kappa shape index (κ3) is 4.03. The summed E-state index contributed by atoms with van der Waals surface area (Å²) in [7, 11) is 0. The number of hydrogen-bond acceptors (Lipinski definition) is 5. The summed E-state index contributed by atoms with van der Waals surface area (Å²) >= 11 is 1.14. The summed E-state index contributed by atoms with van der Waals surface area (Å²) in [4.78, 5) is 27.4. The Morgan fingerprint density at radius 2 is 2.20 bits per heavy atom. The van der Waals surface area contributed by atoms with Gasteiger partial charge < -0.3 is 10.1 Å². The van der Waals surface area contributed by atoms with Crippen LogP contribution >= 0.6 is 11.3 Å². The van der Waals surface area contributed by atoms with Gasteiger partial charge in [-0.1, -0.05) is 25.7 Å². The molecule has 0 aliphatic heterocycles. The van der Waals surface area contributed by atoms with Crippen LogP contribution in [0.15, 0.2) is 5.38 Å². The first-order valence-corrected chi connectivity index (χ1v) is 7.99. The fraction of sp³-hybridized carbons (Fsp3) is 0.643. The maximum atomic E-state index is 11.9. The van der Waals surface area contributed by atoms with Gasteiger partial charge in [-0.25, -0.2) is 9.78 Å². The molecule has 0 saturated heterocycles. The van der Waals surface area contributed by atoms with Crippen LogP contribution in [-0.2, 0) is 4.74 Å². The maximum absolute atomic E-state index is 11.9. The second-order valence-corrected chi connectivity index (χ2v) is 5.81. The van der Waals surface area contributed by atoms with Crippen LogP contribution in [-0.4, -0.2) is 30.0 Å². The standard InChI is InChI=1S/C14H20N2O3S/c1-2-19-14(18)13-16-11(9-20-13)12(17)15-8-7-10-5-3-4-6-10/h9-10H,2-8H2,1H3,(H,15,17). The number of carbonyl (C=O) groups excluding carboxylic acids is 2. The van der Waals surface area contributed by atoms with Crippen LogP contribution in [0.25, 0.3) is 0 Å². The van der Waals surface area contributed by atoms with E-state index in [0.29, 0.717) is 18.8 Å². The zero-order valence-electron chi connectivity index (χ0n) is 11.7. The summed E-state index contributed by atoms with van der Waals surface area (Å²) in [6.45, 7) is 2.72. The number of carbonyl (C=O) groups is 2. The van der Waals surface area contributed by atoms with Crippen molar-refractivity contribution in [2.75, 3.05) is 13.2 Å². The topological polar surface area (TPSA) is 68.3 Å². The second kappa shape index (κ2) is 7.38. The van der Waals surface area contributed by atoms with E-state index in [0.717, 1.165) is 23.7 Å². The number of nitrogens with zero attached hydrogens (tertiary/aromatic N) is 1. The molecule has 5 nitrogen and oxygen atoms in total. The Hall–Kier alpha value is -1.43. The van der Waals surface area contributed by atoms with Gasteiger partial charge in [0.05, 0.1) is 6.61 Å². The summed E-state index contributed by atoms with van der Waals surface area (Å²) in [5.41, 5.74) is 0.296. The van der Waals surface area contributed by atoms with Crippen LogP contribution < -0.4 is 5.32 Å². The Labute approximate surface area is 122 Å². The van der Waals surface area contributed by atoms with E-state index >= 15 is 0 Å². The number of nitrogens with one attached hydrogen (secondary N) is 1. The summed E-state index contributed by atoms with van der Waals surface area (Å²) in [6, 6.07) is 0. The van der Waals surface area contributed by atoms with Crippen molar-refractivity contribution in [3.63, 3.8) is 0 Å². The Bertz CT molecular complexity index is 467. The zero-order valence-corrected chi connectivity index (χ0v) is 12.5. The maximum Gasteiger partial charge on any atom is 0.367 e. The van der Waals surface area contributed by atoms with Gasteiger partial charge in [0, 0.05) is 11.9 Å². The Kier molecular flexibility index (Phi) is 5.52. The lowest BCUT2D eigenvalue weighted by molar-refractivity contribution is 0.0526. The van der Waals surface area contributed by atoms with Crippen LogP contribution in [0.1, 0.15) is 59.3 Å². The molecule has 0 unspecified atom stereocenters. The molecule has 1 heterocycles. The predicted molar refractivity (Wildman–Crippen MR) is 77.0 cm³/mol. The van der Waals surface area contributed by atoms with Gasteiger partial charge in [0.25, 0.3) is 5.91 Å². The quantitative estimate of drug-likeness (QED) is 0.819. The van der Waals surface area contributed by atoms with Gasteiger partial charge in [0.1, 0.15) is 5.69 Å². The minimum Gasteiger partial charge on any atom is -0.461 e. The van der Waals surface area contributed by atoms with Crippen molar-refractivity contribution in [2.45, 2.75) is 39.0 Å². The lowest BCUT2D eigenvalue weighted by Crippen LogP contribution is -2.26. The van der Waals surface area contributed by atoms with E-state index in [1.807, 2.05) is 0 Å². The molecule has 0 aromatic carbocycles. The Morgan fingerprint density at radius 3 is 2.90 bits per heavy atom. The zero-order chi connectivity index (χ0) is 14.4. The van der Waals surface area contributed by atoms with E-state index in [9.17, 15) is 9.59 Å². The monoisotopic (exact) mass is 296 g/mol. The molecule has 1 amide bonds.